The van der Waals surface area contributed by atoms with Gasteiger partial charge in [-0.25, -0.2) is 0 Å². The van der Waals surface area contributed by atoms with Crippen LogP contribution in [0.3, 0.4) is 0 Å². The number of aromatic nitrogens is 1. The highest BCUT2D eigenvalue weighted by atomic mass is 15.2. The molecule has 1 aromatic rings. The van der Waals surface area contributed by atoms with Crippen LogP contribution in [0.25, 0.3) is 0 Å². The Morgan fingerprint density at radius 1 is 1.44 bits per heavy atom. The van der Waals surface area contributed by atoms with Crippen molar-refractivity contribution in [3.63, 3.8) is 0 Å². The Labute approximate surface area is 111 Å². The van der Waals surface area contributed by atoms with Gasteiger partial charge in [0, 0.05) is 37.6 Å². The van der Waals surface area contributed by atoms with E-state index in [1.807, 2.05) is 0 Å². The highest BCUT2D eigenvalue weighted by Crippen LogP contribution is 2.17. The third-order valence-corrected chi connectivity index (χ3v) is 4.05. The lowest BCUT2D eigenvalue weighted by Gasteiger charge is -2.20. The maximum Gasteiger partial charge on any atom is 0.0359 e. The summed E-state index contributed by atoms with van der Waals surface area (Å²) in [5.74, 6) is 0.831. The molecule has 0 spiro atoms. The van der Waals surface area contributed by atoms with Crippen molar-refractivity contribution in [2.24, 2.45) is 5.92 Å². The van der Waals surface area contributed by atoms with Crippen LogP contribution < -0.4 is 5.32 Å². The fourth-order valence-corrected chi connectivity index (χ4v) is 2.82. The van der Waals surface area contributed by atoms with Gasteiger partial charge < -0.3 is 14.8 Å². The first kappa shape index (κ1) is 13.6. The smallest absolute Gasteiger partial charge is 0.0359 e. The number of nitrogens with zero attached hydrogens (tertiary/aromatic N) is 2. The lowest BCUT2D eigenvalue weighted by molar-refractivity contribution is 0.264. The first-order valence-corrected chi connectivity index (χ1v) is 7.29. The van der Waals surface area contributed by atoms with Gasteiger partial charge in [-0.05, 0) is 58.3 Å². The van der Waals surface area contributed by atoms with Gasteiger partial charge in [0.2, 0.25) is 0 Å². The van der Waals surface area contributed by atoms with Crippen LogP contribution in [0.4, 0.5) is 0 Å². The summed E-state index contributed by atoms with van der Waals surface area (Å²) in [5.41, 5.74) is 1.40. The second-order valence-corrected chi connectivity index (χ2v) is 5.66. The zero-order chi connectivity index (χ0) is 13.0. The number of likely N-dealkylation sites (tertiary alicyclic amines) is 1. The highest BCUT2D eigenvalue weighted by Gasteiger charge is 2.23. The summed E-state index contributed by atoms with van der Waals surface area (Å²) in [6, 6.07) is 5.05. The molecule has 0 aliphatic carbocycles. The number of hydrogen-bond acceptors (Lipinski definition) is 2. The summed E-state index contributed by atoms with van der Waals surface area (Å²) in [4.78, 5) is 2.58. The molecule has 2 rings (SSSR count). The van der Waals surface area contributed by atoms with E-state index in [0.717, 1.165) is 25.6 Å². The van der Waals surface area contributed by atoms with Gasteiger partial charge in [-0.2, -0.15) is 0 Å². The summed E-state index contributed by atoms with van der Waals surface area (Å²) < 4.78 is 2.31. The molecule has 1 aliphatic rings. The third-order valence-electron chi connectivity index (χ3n) is 4.05. The minimum absolute atomic E-state index is 0.701. The van der Waals surface area contributed by atoms with Gasteiger partial charge >= 0.3 is 0 Å². The summed E-state index contributed by atoms with van der Waals surface area (Å²) in [6.45, 7) is 12.5. The molecule has 0 radical (unpaired) electrons. The molecule has 0 amide bonds. The molecule has 2 heterocycles. The maximum atomic E-state index is 3.62. The number of hydrogen-bond donors (Lipinski definition) is 1. The Hall–Kier alpha value is -0.800. The van der Waals surface area contributed by atoms with E-state index >= 15 is 0 Å². The van der Waals surface area contributed by atoms with Crippen LogP contribution in [0, 0.1) is 5.92 Å². The zero-order valence-corrected chi connectivity index (χ0v) is 12.0. The van der Waals surface area contributed by atoms with Crippen LogP contribution in [0.15, 0.2) is 18.3 Å². The molecule has 0 bridgehead atoms. The molecule has 1 fully saturated rings. The monoisotopic (exact) mass is 249 g/mol. The first-order chi connectivity index (χ1) is 8.70. The fraction of sp³-hybridized carbons (Fsp3) is 0.733. The molecule has 0 aromatic carbocycles. The molecule has 18 heavy (non-hydrogen) atoms. The normalized spacial score (nSPS) is 21.0. The molecule has 1 atom stereocenters. The van der Waals surface area contributed by atoms with E-state index in [1.165, 1.54) is 25.2 Å². The standard InChI is InChI=1S/C15H27N3/c1-4-17-8-5-6-15(17)11-16-10-14-7-9-18(12-14)13(2)3/h5-6,8,13-14,16H,4,7,9-12H2,1-3H3. The number of nitrogens with one attached hydrogen (secondary N) is 1. The van der Waals surface area contributed by atoms with Crippen molar-refractivity contribution >= 4 is 0 Å². The van der Waals surface area contributed by atoms with Gasteiger partial charge in [0.05, 0.1) is 0 Å². The van der Waals surface area contributed by atoms with E-state index in [4.69, 9.17) is 0 Å². The number of rotatable bonds is 6. The lowest BCUT2D eigenvalue weighted by Crippen LogP contribution is -2.30. The zero-order valence-electron chi connectivity index (χ0n) is 12.0. The van der Waals surface area contributed by atoms with Gasteiger partial charge in [-0.3, -0.25) is 0 Å². The topological polar surface area (TPSA) is 20.2 Å². The molecule has 1 saturated heterocycles. The van der Waals surface area contributed by atoms with Crippen molar-refractivity contribution in [3.8, 4) is 0 Å². The maximum absolute atomic E-state index is 3.62. The van der Waals surface area contributed by atoms with E-state index in [-0.39, 0.29) is 0 Å². The van der Waals surface area contributed by atoms with Crippen LogP contribution in [0.1, 0.15) is 32.9 Å². The largest absolute Gasteiger partial charge is 0.351 e. The van der Waals surface area contributed by atoms with Crippen LogP contribution >= 0.6 is 0 Å². The Kier molecular flexibility index (Phi) is 4.84. The number of aryl methyl sites for hydroxylation is 1. The van der Waals surface area contributed by atoms with Crippen molar-refractivity contribution in [2.45, 2.75) is 46.3 Å². The SMILES string of the molecule is CCn1cccc1CNCC1CCN(C(C)C)C1. The fourth-order valence-electron chi connectivity index (χ4n) is 2.82. The Morgan fingerprint density at radius 2 is 2.28 bits per heavy atom. The van der Waals surface area contributed by atoms with E-state index in [9.17, 15) is 0 Å². The molecule has 1 aromatic heterocycles. The van der Waals surface area contributed by atoms with Gasteiger partial charge in [-0.15, -0.1) is 0 Å². The van der Waals surface area contributed by atoms with Crippen LogP contribution in [-0.2, 0) is 13.1 Å². The lowest BCUT2D eigenvalue weighted by atomic mass is 10.1. The van der Waals surface area contributed by atoms with Crippen molar-refractivity contribution in [2.75, 3.05) is 19.6 Å². The van der Waals surface area contributed by atoms with E-state index in [2.05, 4.69) is 53.9 Å². The Morgan fingerprint density at radius 3 is 2.94 bits per heavy atom. The molecule has 1 unspecified atom stereocenters. The molecule has 102 valence electrons. The second kappa shape index (κ2) is 6.39. The van der Waals surface area contributed by atoms with Gasteiger partial charge in [0.15, 0.2) is 0 Å². The first-order valence-electron chi connectivity index (χ1n) is 7.29. The van der Waals surface area contributed by atoms with E-state index in [1.54, 1.807) is 0 Å². The van der Waals surface area contributed by atoms with Crippen molar-refractivity contribution in [1.82, 2.24) is 14.8 Å². The second-order valence-electron chi connectivity index (χ2n) is 5.66. The summed E-state index contributed by atoms with van der Waals surface area (Å²) in [6.07, 6.45) is 3.51. The summed E-state index contributed by atoms with van der Waals surface area (Å²) >= 11 is 0. The van der Waals surface area contributed by atoms with Crippen molar-refractivity contribution in [3.05, 3.63) is 24.0 Å². The molecular formula is C15H27N3. The average Bonchev–Trinajstić information content (AvgIpc) is 2.97. The van der Waals surface area contributed by atoms with Gasteiger partial charge in [0.25, 0.3) is 0 Å². The molecule has 3 nitrogen and oxygen atoms in total. The third kappa shape index (κ3) is 3.36. The average molecular weight is 249 g/mol. The molecule has 3 heteroatoms. The highest BCUT2D eigenvalue weighted by molar-refractivity contribution is 5.06. The van der Waals surface area contributed by atoms with Crippen LogP contribution in [0.2, 0.25) is 0 Å². The molecule has 1 aliphatic heterocycles. The minimum atomic E-state index is 0.701. The quantitative estimate of drug-likeness (QED) is 0.835. The Balaban J connectivity index is 1.70. The minimum Gasteiger partial charge on any atom is -0.351 e. The predicted molar refractivity (Wildman–Crippen MR) is 76.6 cm³/mol. The summed E-state index contributed by atoms with van der Waals surface area (Å²) in [5, 5.41) is 3.62. The van der Waals surface area contributed by atoms with Crippen molar-refractivity contribution < 1.29 is 0 Å². The van der Waals surface area contributed by atoms with Crippen LogP contribution in [0.5, 0.6) is 0 Å². The van der Waals surface area contributed by atoms with E-state index in [0.29, 0.717) is 6.04 Å². The van der Waals surface area contributed by atoms with Gasteiger partial charge in [0.1, 0.15) is 0 Å². The van der Waals surface area contributed by atoms with Gasteiger partial charge in [-0.1, -0.05) is 0 Å². The predicted octanol–water partition coefficient (Wildman–Crippen LogP) is 2.33. The molecular weight excluding hydrogens is 222 g/mol. The van der Waals surface area contributed by atoms with E-state index < -0.39 is 0 Å². The molecule has 1 N–H and O–H groups in total. The Bertz CT molecular complexity index is 356. The van der Waals surface area contributed by atoms with Crippen molar-refractivity contribution in [1.29, 1.82) is 0 Å². The summed E-state index contributed by atoms with van der Waals surface area (Å²) in [7, 11) is 0. The molecule has 0 saturated carbocycles. The van der Waals surface area contributed by atoms with Crippen LogP contribution in [-0.4, -0.2) is 35.1 Å².